The standard InChI is InChI=1S/C14H19BrO3/c1-3-4-10(2)8-18-9-12-6-5-11(14(16)17)7-13(12)15/h5-7,10H,3-4,8-9H2,1-2H3,(H,16,17). The van der Waals surface area contributed by atoms with Gasteiger partial charge in [0, 0.05) is 11.1 Å². The molecule has 0 amide bonds. The van der Waals surface area contributed by atoms with E-state index in [9.17, 15) is 4.79 Å². The van der Waals surface area contributed by atoms with Crippen molar-refractivity contribution in [2.45, 2.75) is 33.3 Å². The van der Waals surface area contributed by atoms with Crippen molar-refractivity contribution in [2.75, 3.05) is 6.61 Å². The molecule has 0 aliphatic rings. The highest BCUT2D eigenvalue weighted by molar-refractivity contribution is 9.10. The lowest BCUT2D eigenvalue weighted by Crippen LogP contribution is -2.06. The SMILES string of the molecule is CCCC(C)COCc1ccc(C(=O)O)cc1Br. The van der Waals surface area contributed by atoms with E-state index in [1.54, 1.807) is 18.2 Å². The lowest BCUT2D eigenvalue weighted by molar-refractivity contribution is 0.0696. The summed E-state index contributed by atoms with van der Waals surface area (Å²) in [5, 5.41) is 8.86. The monoisotopic (exact) mass is 314 g/mol. The number of hydrogen-bond acceptors (Lipinski definition) is 2. The van der Waals surface area contributed by atoms with E-state index in [1.807, 2.05) is 0 Å². The summed E-state index contributed by atoms with van der Waals surface area (Å²) in [7, 11) is 0. The maximum Gasteiger partial charge on any atom is 0.335 e. The summed E-state index contributed by atoms with van der Waals surface area (Å²) in [5.41, 5.74) is 1.26. The van der Waals surface area contributed by atoms with Crippen molar-refractivity contribution in [3.05, 3.63) is 33.8 Å². The van der Waals surface area contributed by atoms with Crippen molar-refractivity contribution in [3.8, 4) is 0 Å². The number of rotatable bonds is 7. The summed E-state index contributed by atoms with van der Waals surface area (Å²) in [6.07, 6.45) is 2.33. The van der Waals surface area contributed by atoms with E-state index in [2.05, 4.69) is 29.8 Å². The van der Waals surface area contributed by atoms with Crippen LogP contribution in [0.3, 0.4) is 0 Å². The van der Waals surface area contributed by atoms with Crippen molar-refractivity contribution >= 4 is 21.9 Å². The van der Waals surface area contributed by atoms with Crippen LogP contribution in [0, 0.1) is 5.92 Å². The van der Waals surface area contributed by atoms with Crippen molar-refractivity contribution in [2.24, 2.45) is 5.92 Å². The first kappa shape index (κ1) is 15.2. The van der Waals surface area contributed by atoms with Crippen LogP contribution in [-0.4, -0.2) is 17.7 Å². The minimum Gasteiger partial charge on any atom is -0.478 e. The molecular weight excluding hydrogens is 296 g/mol. The lowest BCUT2D eigenvalue weighted by Gasteiger charge is -2.11. The molecule has 4 heteroatoms. The van der Waals surface area contributed by atoms with E-state index < -0.39 is 5.97 Å². The molecule has 0 spiro atoms. The molecule has 1 N–H and O–H groups in total. The van der Waals surface area contributed by atoms with Crippen LogP contribution < -0.4 is 0 Å². The van der Waals surface area contributed by atoms with Crippen molar-refractivity contribution in [1.82, 2.24) is 0 Å². The molecule has 0 saturated heterocycles. The number of carbonyl (C=O) groups is 1. The third-order valence-electron chi connectivity index (χ3n) is 2.74. The third-order valence-corrected chi connectivity index (χ3v) is 3.48. The molecule has 0 bridgehead atoms. The highest BCUT2D eigenvalue weighted by atomic mass is 79.9. The van der Waals surface area contributed by atoms with Gasteiger partial charge in [-0.3, -0.25) is 0 Å². The van der Waals surface area contributed by atoms with Crippen LogP contribution in [0.1, 0.15) is 42.6 Å². The quantitative estimate of drug-likeness (QED) is 0.824. The van der Waals surface area contributed by atoms with E-state index in [0.717, 1.165) is 16.6 Å². The summed E-state index contributed by atoms with van der Waals surface area (Å²) >= 11 is 3.37. The number of hydrogen-bond donors (Lipinski definition) is 1. The Morgan fingerprint density at radius 3 is 2.78 bits per heavy atom. The van der Waals surface area contributed by atoms with Gasteiger partial charge in [-0.2, -0.15) is 0 Å². The van der Waals surface area contributed by atoms with Crippen LogP contribution in [0.4, 0.5) is 0 Å². The normalized spacial score (nSPS) is 12.4. The van der Waals surface area contributed by atoms with E-state index in [1.165, 1.54) is 12.8 Å². The van der Waals surface area contributed by atoms with Gasteiger partial charge in [-0.25, -0.2) is 4.79 Å². The first-order chi connectivity index (χ1) is 8.54. The van der Waals surface area contributed by atoms with Gasteiger partial charge >= 0.3 is 5.97 Å². The molecule has 100 valence electrons. The summed E-state index contributed by atoms with van der Waals surface area (Å²) in [6.45, 7) is 5.58. The average molecular weight is 315 g/mol. The van der Waals surface area contributed by atoms with Gasteiger partial charge in [0.05, 0.1) is 12.2 Å². The van der Waals surface area contributed by atoms with E-state index in [-0.39, 0.29) is 5.56 Å². The number of benzene rings is 1. The summed E-state index contributed by atoms with van der Waals surface area (Å²) in [5.74, 6) is -0.355. The van der Waals surface area contributed by atoms with Crippen molar-refractivity contribution in [1.29, 1.82) is 0 Å². The van der Waals surface area contributed by atoms with Crippen LogP contribution in [-0.2, 0) is 11.3 Å². The van der Waals surface area contributed by atoms with Gasteiger partial charge in [0.25, 0.3) is 0 Å². The Balaban J connectivity index is 2.50. The summed E-state index contributed by atoms with van der Waals surface area (Å²) in [4.78, 5) is 10.8. The van der Waals surface area contributed by atoms with Gasteiger partial charge in [-0.05, 0) is 30.0 Å². The molecule has 1 aromatic rings. The molecule has 0 aromatic heterocycles. The Hall–Kier alpha value is -0.870. The zero-order valence-corrected chi connectivity index (χ0v) is 12.4. The predicted octanol–water partition coefficient (Wildman–Crippen LogP) is 4.10. The second-order valence-electron chi connectivity index (χ2n) is 4.52. The van der Waals surface area contributed by atoms with Crippen LogP contribution in [0.5, 0.6) is 0 Å². The van der Waals surface area contributed by atoms with Crippen molar-refractivity contribution in [3.63, 3.8) is 0 Å². The maximum atomic E-state index is 10.8. The molecule has 0 fully saturated rings. The molecule has 3 nitrogen and oxygen atoms in total. The highest BCUT2D eigenvalue weighted by Gasteiger charge is 2.07. The number of carboxylic acids is 1. The number of halogens is 1. The predicted molar refractivity (Wildman–Crippen MR) is 74.8 cm³/mol. The molecular formula is C14H19BrO3. The van der Waals surface area contributed by atoms with Gasteiger partial charge in [0.1, 0.15) is 0 Å². The zero-order chi connectivity index (χ0) is 13.5. The van der Waals surface area contributed by atoms with Gasteiger partial charge < -0.3 is 9.84 Å². The minimum atomic E-state index is -0.917. The lowest BCUT2D eigenvalue weighted by atomic mass is 10.1. The summed E-state index contributed by atoms with van der Waals surface area (Å²) in [6, 6.07) is 5.00. The topological polar surface area (TPSA) is 46.5 Å². The van der Waals surface area contributed by atoms with Gasteiger partial charge in [-0.15, -0.1) is 0 Å². The van der Waals surface area contributed by atoms with Crippen LogP contribution in [0.25, 0.3) is 0 Å². The average Bonchev–Trinajstić information content (AvgIpc) is 2.31. The fraction of sp³-hybridized carbons (Fsp3) is 0.500. The number of carboxylic acid groups (broad SMARTS) is 1. The Kier molecular flexibility index (Phi) is 6.36. The van der Waals surface area contributed by atoms with E-state index in [0.29, 0.717) is 12.5 Å². The Morgan fingerprint density at radius 1 is 1.50 bits per heavy atom. The second-order valence-corrected chi connectivity index (χ2v) is 5.37. The zero-order valence-electron chi connectivity index (χ0n) is 10.8. The third kappa shape index (κ3) is 4.78. The molecule has 0 heterocycles. The molecule has 1 aromatic carbocycles. The van der Waals surface area contributed by atoms with Crippen LogP contribution >= 0.6 is 15.9 Å². The first-order valence-electron chi connectivity index (χ1n) is 6.14. The first-order valence-corrected chi connectivity index (χ1v) is 6.93. The largest absolute Gasteiger partial charge is 0.478 e. The maximum absolute atomic E-state index is 10.8. The van der Waals surface area contributed by atoms with E-state index in [4.69, 9.17) is 9.84 Å². The van der Waals surface area contributed by atoms with Crippen LogP contribution in [0.15, 0.2) is 22.7 Å². The Labute approximate surface area is 116 Å². The van der Waals surface area contributed by atoms with E-state index >= 15 is 0 Å². The molecule has 1 atom stereocenters. The number of aromatic carboxylic acids is 1. The molecule has 0 radical (unpaired) electrons. The number of ether oxygens (including phenoxy) is 1. The smallest absolute Gasteiger partial charge is 0.335 e. The molecule has 0 aliphatic heterocycles. The van der Waals surface area contributed by atoms with Gasteiger partial charge in [0.15, 0.2) is 0 Å². The molecule has 1 unspecified atom stereocenters. The molecule has 1 rings (SSSR count). The fourth-order valence-corrected chi connectivity index (χ4v) is 2.24. The molecule has 0 saturated carbocycles. The van der Waals surface area contributed by atoms with Gasteiger partial charge in [-0.1, -0.05) is 42.3 Å². The van der Waals surface area contributed by atoms with Crippen LogP contribution in [0.2, 0.25) is 0 Å². The molecule has 0 aliphatic carbocycles. The second kappa shape index (κ2) is 7.54. The fourth-order valence-electron chi connectivity index (χ4n) is 1.74. The molecule has 18 heavy (non-hydrogen) atoms. The Morgan fingerprint density at radius 2 is 2.22 bits per heavy atom. The highest BCUT2D eigenvalue weighted by Crippen LogP contribution is 2.20. The van der Waals surface area contributed by atoms with Crippen molar-refractivity contribution < 1.29 is 14.6 Å². The minimum absolute atomic E-state index is 0.282. The Bertz CT molecular complexity index is 404. The van der Waals surface area contributed by atoms with Gasteiger partial charge in [0.2, 0.25) is 0 Å². The summed E-state index contributed by atoms with van der Waals surface area (Å²) < 4.78 is 6.42.